The summed E-state index contributed by atoms with van der Waals surface area (Å²) in [7, 11) is 1.46. The number of amides is 2. The average molecular weight is 747 g/mol. The van der Waals surface area contributed by atoms with Gasteiger partial charge in [0, 0.05) is 18.7 Å². The number of esters is 1. The molecule has 1 fully saturated rings. The first-order chi connectivity index (χ1) is 25.0. The van der Waals surface area contributed by atoms with Crippen molar-refractivity contribution in [2.45, 2.75) is 85.9 Å². The maximum Gasteiger partial charge on any atom is 0.331 e. The van der Waals surface area contributed by atoms with Crippen LogP contribution in [0.3, 0.4) is 0 Å². The highest BCUT2D eigenvalue weighted by molar-refractivity contribution is 7.82. The number of hydrogen-bond acceptors (Lipinski definition) is 9. The molecule has 2 amide bonds. The third-order valence-corrected chi connectivity index (χ3v) is 9.97. The van der Waals surface area contributed by atoms with Crippen molar-refractivity contribution in [3.8, 4) is 28.6 Å². The molecule has 2 aromatic carbocycles. The summed E-state index contributed by atoms with van der Waals surface area (Å²) in [6, 6.07) is 10.2. The van der Waals surface area contributed by atoms with Gasteiger partial charge >= 0.3 is 17.2 Å². The van der Waals surface area contributed by atoms with Gasteiger partial charge in [-0.1, -0.05) is 47.6 Å². The van der Waals surface area contributed by atoms with E-state index in [1.54, 1.807) is 30.3 Å². The van der Waals surface area contributed by atoms with Crippen LogP contribution >= 0.6 is 0 Å². The van der Waals surface area contributed by atoms with E-state index in [2.05, 4.69) is 45.7 Å². The minimum Gasteiger partial charge on any atom is -0.495 e. The first-order valence-corrected chi connectivity index (χ1v) is 18.4. The van der Waals surface area contributed by atoms with Gasteiger partial charge in [-0.05, 0) is 78.8 Å². The van der Waals surface area contributed by atoms with Crippen molar-refractivity contribution < 1.29 is 37.0 Å². The van der Waals surface area contributed by atoms with Gasteiger partial charge < -0.3 is 18.4 Å². The van der Waals surface area contributed by atoms with Crippen LogP contribution in [0.5, 0.6) is 17.2 Å². The van der Waals surface area contributed by atoms with E-state index >= 15 is 0 Å². The molecule has 2 aromatic heterocycles. The fourth-order valence-electron chi connectivity index (χ4n) is 6.73. The fourth-order valence-corrected chi connectivity index (χ4v) is 7.40. The summed E-state index contributed by atoms with van der Waals surface area (Å²) < 4.78 is 41.1. The molecular formula is C38H46N6O8S. The first kappa shape index (κ1) is 38.9. The molecule has 14 nitrogen and oxygen atoms in total. The van der Waals surface area contributed by atoms with Crippen molar-refractivity contribution in [3.05, 3.63) is 65.1 Å². The summed E-state index contributed by atoms with van der Waals surface area (Å²) in [6.45, 7) is 22.8. The van der Waals surface area contributed by atoms with Gasteiger partial charge in [-0.3, -0.25) is 29.2 Å². The van der Waals surface area contributed by atoms with Crippen molar-refractivity contribution in [1.82, 2.24) is 19.9 Å². The maximum atomic E-state index is 13.6. The highest BCUT2D eigenvalue weighted by Gasteiger charge is 2.36. The Hall–Kier alpha value is -5.36. The second kappa shape index (κ2) is 15.7. The minimum absolute atomic E-state index is 0.0884. The maximum absolute atomic E-state index is 13.6. The lowest BCUT2D eigenvalue weighted by molar-refractivity contribution is -0.133. The molecule has 0 saturated heterocycles. The van der Waals surface area contributed by atoms with E-state index in [0.717, 1.165) is 18.4 Å². The number of methoxy groups -OCH3 is 1. The van der Waals surface area contributed by atoms with Crippen LogP contribution in [0.25, 0.3) is 21.9 Å². The van der Waals surface area contributed by atoms with Crippen molar-refractivity contribution in [1.29, 1.82) is 0 Å². The molecule has 1 aliphatic carbocycles. The van der Waals surface area contributed by atoms with Gasteiger partial charge in [0.2, 0.25) is 11.6 Å². The summed E-state index contributed by atoms with van der Waals surface area (Å²) in [5.41, 5.74) is 1.86. The molecule has 282 valence electrons. The molecule has 1 aliphatic rings. The third kappa shape index (κ3) is 8.82. The molecule has 5 rings (SSSR count). The zero-order valence-corrected chi connectivity index (χ0v) is 32.2. The second-order valence-electron chi connectivity index (χ2n) is 14.7. The highest BCUT2D eigenvalue weighted by Crippen LogP contribution is 2.38. The summed E-state index contributed by atoms with van der Waals surface area (Å²) in [4.78, 5) is 45.6. The lowest BCUT2D eigenvalue weighted by Gasteiger charge is -2.37. The monoisotopic (exact) mass is 746 g/mol. The van der Waals surface area contributed by atoms with Crippen LogP contribution in [-0.2, 0) is 31.0 Å². The number of fused-ring (bicyclic) bond motifs is 1. The Morgan fingerprint density at radius 3 is 2.36 bits per heavy atom. The van der Waals surface area contributed by atoms with E-state index < -0.39 is 35.2 Å². The molecule has 4 atom stereocenters. The van der Waals surface area contributed by atoms with Crippen LogP contribution < -0.4 is 23.7 Å². The van der Waals surface area contributed by atoms with Crippen molar-refractivity contribution in [2.24, 2.45) is 17.8 Å². The number of benzene rings is 2. The number of nitrogens with one attached hydrogen (secondary N) is 3. The quantitative estimate of drug-likeness (QED) is 0.109. The number of carbonyl (C=O) groups excluding carboxylic acids is 3. The van der Waals surface area contributed by atoms with Crippen molar-refractivity contribution >= 4 is 46.1 Å². The number of hydrogen-bond donors (Lipinski definition) is 3. The average Bonchev–Trinajstić information content (AvgIpc) is 3.64. The normalized spacial score (nSPS) is 19.8. The molecule has 3 N–H and O–H groups in total. The molecule has 0 radical (unpaired) electrons. The Labute approximate surface area is 311 Å². The largest absolute Gasteiger partial charge is 0.495 e. The number of ether oxygens (including phenoxy) is 3. The molecule has 15 heteroatoms. The molecule has 4 aromatic rings. The molecule has 0 aliphatic heterocycles. The van der Waals surface area contributed by atoms with Gasteiger partial charge in [-0.25, -0.2) is 14.6 Å². The number of H-pyrrole nitrogens is 1. The predicted molar refractivity (Wildman–Crippen MR) is 200 cm³/mol. The Morgan fingerprint density at radius 1 is 1.06 bits per heavy atom. The summed E-state index contributed by atoms with van der Waals surface area (Å²) in [5.74, 6) is 0.117. The highest BCUT2D eigenvalue weighted by atomic mass is 32.2. The first-order valence-electron chi connectivity index (χ1n) is 17.4. The predicted octanol–water partition coefficient (Wildman–Crippen LogP) is 6.91. The number of aromatic amines is 1. The lowest BCUT2D eigenvalue weighted by atomic mass is 9.75. The smallest absolute Gasteiger partial charge is 0.331 e. The van der Waals surface area contributed by atoms with Gasteiger partial charge in [0.05, 0.1) is 19.4 Å². The third-order valence-electron chi connectivity index (χ3n) is 9.25. The minimum atomic E-state index is -2.21. The van der Waals surface area contributed by atoms with Gasteiger partial charge in [-0.2, -0.15) is 4.21 Å². The van der Waals surface area contributed by atoms with Gasteiger partial charge in [0.15, 0.2) is 29.1 Å². The molecule has 0 spiro atoms. The number of rotatable bonds is 11. The standard InChI is InChI=1S/C38H46N6O8S/c1-20-15-21(2)33(22(3)16-20)51-37(47)32-28(39-9)19-44-35(32)41-34(42-44)25-11-13-29(49-10)27(17-25)43-53(48)52-31-18-26(38(6,7)8)12-14-30(31)50-23(4)36(46)40-24(5)45/h11-14,17-23,33,43H,15-16H2,1-8,10H3,(H,41,42)(H,40,45,46). The zero-order chi connectivity index (χ0) is 38.8. The topological polar surface area (TPSA) is 167 Å². The molecule has 0 bridgehead atoms. The SMILES string of the molecule is [C-]#[N+]c1cn2[nH]c(-c3ccc(OC)c(NS(=O)Oc4cc(C(C)(C)C)ccc4OC(C)C(=O)NC(C)=O)c3)nc2c1C(=O)OC1C(C)CC(C)CC1C. The van der Waals surface area contributed by atoms with Crippen LogP contribution in [0, 0.1) is 24.3 Å². The van der Waals surface area contributed by atoms with Crippen LogP contribution in [-0.4, -0.2) is 55.9 Å². The Balaban J connectivity index is 1.41. The Kier molecular flexibility index (Phi) is 11.5. The molecule has 4 unspecified atom stereocenters. The number of carbonyl (C=O) groups is 3. The van der Waals surface area contributed by atoms with Gasteiger partial charge in [0.25, 0.3) is 5.91 Å². The summed E-state index contributed by atoms with van der Waals surface area (Å²) in [5, 5.41) is 5.31. The van der Waals surface area contributed by atoms with Crippen LogP contribution in [0.1, 0.15) is 84.2 Å². The zero-order valence-electron chi connectivity index (χ0n) is 31.4. The number of aromatic nitrogens is 3. The number of anilines is 1. The fraction of sp³-hybridized carbons (Fsp3) is 0.447. The van der Waals surface area contributed by atoms with E-state index in [4.69, 9.17) is 25.0 Å². The Bertz CT molecular complexity index is 2080. The van der Waals surface area contributed by atoms with Crippen LogP contribution in [0.2, 0.25) is 0 Å². The van der Waals surface area contributed by atoms with Crippen molar-refractivity contribution in [3.63, 3.8) is 0 Å². The lowest BCUT2D eigenvalue weighted by Crippen LogP contribution is -2.38. The van der Waals surface area contributed by atoms with Gasteiger partial charge in [-0.15, -0.1) is 0 Å². The van der Waals surface area contributed by atoms with Gasteiger partial charge in [0.1, 0.15) is 17.4 Å². The summed E-state index contributed by atoms with van der Waals surface area (Å²) >= 11 is -2.21. The van der Waals surface area contributed by atoms with E-state index in [1.807, 2.05) is 26.8 Å². The van der Waals surface area contributed by atoms with Crippen LogP contribution in [0.15, 0.2) is 42.6 Å². The van der Waals surface area contributed by atoms with E-state index in [9.17, 15) is 18.6 Å². The molecular weight excluding hydrogens is 701 g/mol. The Morgan fingerprint density at radius 2 is 1.74 bits per heavy atom. The van der Waals surface area contributed by atoms with Crippen LogP contribution in [0.4, 0.5) is 11.4 Å². The molecule has 53 heavy (non-hydrogen) atoms. The molecule has 2 heterocycles. The number of nitrogens with zero attached hydrogens (tertiary/aromatic N) is 3. The van der Waals surface area contributed by atoms with E-state index in [1.165, 1.54) is 31.7 Å². The van der Waals surface area contributed by atoms with E-state index in [0.29, 0.717) is 28.7 Å². The van der Waals surface area contributed by atoms with Crippen molar-refractivity contribution in [2.75, 3.05) is 11.8 Å². The molecule has 1 saturated carbocycles. The van der Waals surface area contributed by atoms with E-state index in [-0.39, 0.29) is 51.8 Å². The second-order valence-corrected chi connectivity index (χ2v) is 15.6. The summed E-state index contributed by atoms with van der Waals surface area (Å²) in [6.07, 6.45) is 2.09. The number of imide groups is 1.